The maximum atomic E-state index is 5.48. The summed E-state index contributed by atoms with van der Waals surface area (Å²) in [5, 5.41) is 0. The smallest absolute Gasteiger partial charge is 0.220 e. The van der Waals surface area contributed by atoms with E-state index in [0.717, 1.165) is 5.56 Å². The molecule has 0 bridgehead atoms. The molecule has 1 atom stereocenters. The van der Waals surface area contributed by atoms with Crippen LogP contribution in [-0.4, -0.2) is 10.6 Å². The maximum absolute atomic E-state index is 5.48. The Bertz CT molecular complexity index is 272. The first-order valence-electron chi connectivity index (χ1n) is 4.03. The minimum absolute atomic E-state index is 0.0427. The summed E-state index contributed by atoms with van der Waals surface area (Å²) in [6, 6.07) is 10.1. The van der Waals surface area contributed by atoms with Gasteiger partial charge >= 0.3 is 0 Å². The third kappa shape index (κ3) is 3.36. The highest BCUT2D eigenvalue weighted by atomic mass is 32.2. The highest BCUT2D eigenvalue weighted by Crippen LogP contribution is 2.18. The van der Waals surface area contributed by atoms with Crippen molar-refractivity contribution in [3.8, 4) is 0 Å². The quantitative estimate of drug-likeness (QED) is 0.695. The summed E-state index contributed by atoms with van der Waals surface area (Å²) in [5.41, 5.74) is 1.15. The second-order valence-corrected chi connectivity index (χ2v) is 4.03. The van der Waals surface area contributed by atoms with Gasteiger partial charge in [0.25, 0.3) is 0 Å². The fraction of sp³-hybridized carbons (Fsp3) is 0.300. The first-order chi connectivity index (χ1) is 6.24. The number of hydrogen-bond donors (Lipinski definition) is 0. The van der Waals surface area contributed by atoms with E-state index in [1.54, 1.807) is 0 Å². The largest absolute Gasteiger partial charge is 0.471 e. The van der Waals surface area contributed by atoms with Gasteiger partial charge in [0.1, 0.15) is 6.10 Å². The van der Waals surface area contributed by atoms with Gasteiger partial charge in [0.2, 0.25) is 4.38 Å². The van der Waals surface area contributed by atoms with Crippen molar-refractivity contribution in [1.82, 2.24) is 0 Å². The lowest BCUT2D eigenvalue weighted by Gasteiger charge is -2.13. The van der Waals surface area contributed by atoms with Gasteiger partial charge < -0.3 is 4.74 Å². The number of ether oxygens (including phenoxy) is 1. The Hall–Kier alpha value is -0.540. The molecule has 0 heterocycles. The van der Waals surface area contributed by atoms with Crippen LogP contribution in [0.4, 0.5) is 0 Å². The summed E-state index contributed by atoms with van der Waals surface area (Å²) in [4.78, 5) is 0. The van der Waals surface area contributed by atoms with Crippen molar-refractivity contribution >= 4 is 28.4 Å². The number of rotatable bonds is 2. The lowest BCUT2D eigenvalue weighted by Crippen LogP contribution is -2.02. The third-order valence-corrected chi connectivity index (χ3v) is 2.73. The van der Waals surface area contributed by atoms with Crippen molar-refractivity contribution < 1.29 is 4.74 Å². The third-order valence-electron chi connectivity index (χ3n) is 1.71. The van der Waals surface area contributed by atoms with Gasteiger partial charge in [-0.25, -0.2) is 0 Å². The molecule has 0 saturated heterocycles. The van der Waals surface area contributed by atoms with E-state index in [9.17, 15) is 0 Å². The maximum Gasteiger partial charge on any atom is 0.220 e. The highest BCUT2D eigenvalue weighted by Gasteiger charge is 2.06. The molecule has 0 spiro atoms. The second kappa shape index (κ2) is 5.25. The number of thiocarbonyl (C=S) groups is 1. The minimum atomic E-state index is 0.0427. The summed E-state index contributed by atoms with van der Waals surface area (Å²) >= 11 is 6.43. The van der Waals surface area contributed by atoms with Crippen LogP contribution in [0.3, 0.4) is 0 Å². The molecule has 1 nitrogen and oxygen atoms in total. The molecule has 0 fully saturated rings. The van der Waals surface area contributed by atoms with E-state index in [0.29, 0.717) is 4.38 Å². The van der Waals surface area contributed by atoms with Crippen LogP contribution in [-0.2, 0) is 4.74 Å². The molecule has 1 aromatic carbocycles. The molecule has 0 N–H and O–H groups in total. The van der Waals surface area contributed by atoms with Crippen LogP contribution < -0.4 is 0 Å². The van der Waals surface area contributed by atoms with Crippen molar-refractivity contribution in [3.05, 3.63) is 35.9 Å². The Kier molecular flexibility index (Phi) is 4.25. The van der Waals surface area contributed by atoms with E-state index in [2.05, 4.69) is 0 Å². The number of hydrogen-bond acceptors (Lipinski definition) is 3. The molecule has 0 radical (unpaired) electrons. The first kappa shape index (κ1) is 10.5. The molecule has 0 aliphatic carbocycles. The molecule has 13 heavy (non-hydrogen) atoms. The van der Waals surface area contributed by atoms with Crippen LogP contribution in [0.2, 0.25) is 0 Å². The standard InChI is InChI=1S/C10H12OS2/c1-8(11-10(12)13-2)9-6-4-3-5-7-9/h3-8H,1-2H3. The van der Waals surface area contributed by atoms with Gasteiger partial charge in [-0.15, -0.1) is 0 Å². The van der Waals surface area contributed by atoms with Gasteiger partial charge in [-0.2, -0.15) is 0 Å². The van der Waals surface area contributed by atoms with Gasteiger partial charge in [-0.05, 0) is 31.0 Å². The zero-order valence-corrected chi connectivity index (χ0v) is 9.32. The van der Waals surface area contributed by atoms with E-state index in [1.807, 2.05) is 43.5 Å². The number of thioether (sulfide) groups is 1. The number of benzene rings is 1. The Balaban J connectivity index is 2.59. The Morgan fingerprint density at radius 1 is 1.38 bits per heavy atom. The lowest BCUT2D eigenvalue weighted by molar-refractivity contribution is 0.227. The van der Waals surface area contributed by atoms with Gasteiger partial charge in [-0.1, -0.05) is 42.1 Å². The van der Waals surface area contributed by atoms with Gasteiger partial charge in [0.15, 0.2) is 0 Å². The Morgan fingerprint density at radius 2 is 2.00 bits per heavy atom. The monoisotopic (exact) mass is 212 g/mol. The molecule has 0 aromatic heterocycles. The van der Waals surface area contributed by atoms with E-state index < -0.39 is 0 Å². The zero-order valence-electron chi connectivity index (χ0n) is 7.69. The SMILES string of the molecule is CSC(=S)OC(C)c1ccccc1. The van der Waals surface area contributed by atoms with E-state index >= 15 is 0 Å². The fourth-order valence-corrected chi connectivity index (χ4v) is 1.37. The molecule has 1 unspecified atom stereocenters. The van der Waals surface area contributed by atoms with Crippen molar-refractivity contribution in [3.63, 3.8) is 0 Å². The fourth-order valence-electron chi connectivity index (χ4n) is 0.985. The van der Waals surface area contributed by atoms with Crippen molar-refractivity contribution in [1.29, 1.82) is 0 Å². The van der Waals surface area contributed by atoms with Crippen LogP contribution in [0.15, 0.2) is 30.3 Å². The highest BCUT2D eigenvalue weighted by molar-refractivity contribution is 8.22. The molecule has 0 amide bonds. The predicted molar refractivity (Wildman–Crippen MR) is 62.1 cm³/mol. The van der Waals surface area contributed by atoms with Gasteiger partial charge in [0, 0.05) is 0 Å². The van der Waals surface area contributed by atoms with E-state index in [1.165, 1.54) is 11.8 Å². The summed E-state index contributed by atoms with van der Waals surface area (Å²) in [6.07, 6.45) is 1.96. The van der Waals surface area contributed by atoms with Crippen LogP contribution in [0.25, 0.3) is 0 Å². The molecule has 1 rings (SSSR count). The lowest BCUT2D eigenvalue weighted by atomic mass is 10.1. The zero-order chi connectivity index (χ0) is 9.68. The minimum Gasteiger partial charge on any atom is -0.471 e. The molecular formula is C10H12OS2. The second-order valence-electron chi connectivity index (χ2n) is 2.62. The summed E-state index contributed by atoms with van der Waals surface area (Å²) in [5.74, 6) is 0. The molecular weight excluding hydrogens is 200 g/mol. The van der Waals surface area contributed by atoms with Crippen LogP contribution in [0.1, 0.15) is 18.6 Å². The summed E-state index contributed by atoms with van der Waals surface area (Å²) < 4.78 is 6.07. The molecule has 0 aliphatic heterocycles. The molecule has 1 aromatic rings. The topological polar surface area (TPSA) is 9.23 Å². The molecule has 0 aliphatic rings. The average Bonchev–Trinajstić information content (AvgIpc) is 2.19. The summed E-state index contributed by atoms with van der Waals surface area (Å²) in [6.45, 7) is 2.00. The Labute approximate surface area is 88.5 Å². The average molecular weight is 212 g/mol. The van der Waals surface area contributed by atoms with Crippen molar-refractivity contribution in [2.24, 2.45) is 0 Å². The van der Waals surface area contributed by atoms with Crippen molar-refractivity contribution in [2.45, 2.75) is 13.0 Å². The van der Waals surface area contributed by atoms with Gasteiger partial charge in [-0.3, -0.25) is 0 Å². The molecule has 3 heteroatoms. The molecule has 0 saturated carbocycles. The van der Waals surface area contributed by atoms with E-state index in [-0.39, 0.29) is 6.10 Å². The van der Waals surface area contributed by atoms with Crippen LogP contribution in [0.5, 0.6) is 0 Å². The van der Waals surface area contributed by atoms with Crippen LogP contribution in [0, 0.1) is 0 Å². The molecule has 70 valence electrons. The predicted octanol–water partition coefficient (Wildman–Crippen LogP) is 3.41. The van der Waals surface area contributed by atoms with Gasteiger partial charge in [0.05, 0.1) is 0 Å². The van der Waals surface area contributed by atoms with E-state index in [4.69, 9.17) is 17.0 Å². The van der Waals surface area contributed by atoms with Crippen LogP contribution >= 0.6 is 24.0 Å². The Morgan fingerprint density at radius 3 is 2.54 bits per heavy atom. The van der Waals surface area contributed by atoms with Crippen molar-refractivity contribution in [2.75, 3.05) is 6.26 Å². The summed E-state index contributed by atoms with van der Waals surface area (Å²) in [7, 11) is 0. The first-order valence-corrected chi connectivity index (χ1v) is 5.67. The normalized spacial score (nSPS) is 12.2.